The number of hydrogen-bond acceptors (Lipinski definition) is 7. The Morgan fingerprint density at radius 2 is 1.97 bits per heavy atom. The van der Waals surface area contributed by atoms with Crippen LogP contribution in [0.1, 0.15) is 5.56 Å². The number of ether oxygens (including phenoxy) is 2. The van der Waals surface area contributed by atoms with E-state index in [0.717, 1.165) is 21.2 Å². The maximum atomic E-state index is 13.4. The highest BCUT2D eigenvalue weighted by Crippen LogP contribution is 2.44. The summed E-state index contributed by atoms with van der Waals surface area (Å²) in [7, 11) is 2.98. The van der Waals surface area contributed by atoms with E-state index >= 15 is 0 Å². The van der Waals surface area contributed by atoms with Crippen molar-refractivity contribution in [3.05, 3.63) is 71.5 Å². The minimum absolute atomic E-state index is 0.0583. The second-order valence-corrected chi connectivity index (χ2v) is 8.39. The molecule has 5 nitrogen and oxygen atoms in total. The number of benzene rings is 2. The molecular weight excluding hydrogens is 435 g/mol. The summed E-state index contributed by atoms with van der Waals surface area (Å²) in [6, 6.07) is 13.9. The molecule has 0 aliphatic rings. The second-order valence-electron chi connectivity index (χ2n) is 6.54. The lowest BCUT2D eigenvalue weighted by Gasteiger charge is -2.11. The Morgan fingerprint density at radius 3 is 2.74 bits per heavy atom. The first-order chi connectivity index (χ1) is 15.1. The molecule has 158 valence electrons. The molecule has 0 aliphatic carbocycles. The third kappa shape index (κ3) is 4.65. The lowest BCUT2D eigenvalue weighted by molar-refractivity contribution is 0.341. The van der Waals surface area contributed by atoms with Crippen LogP contribution in [-0.2, 0) is 5.75 Å². The van der Waals surface area contributed by atoms with Crippen LogP contribution in [0.3, 0.4) is 0 Å². The second kappa shape index (κ2) is 9.36. The number of thioether (sulfide) groups is 1. The average Bonchev–Trinajstić information content (AvgIpc) is 3.28. The summed E-state index contributed by atoms with van der Waals surface area (Å²) in [6.45, 7) is 0. The van der Waals surface area contributed by atoms with Crippen LogP contribution >= 0.6 is 23.1 Å². The first-order valence-corrected chi connectivity index (χ1v) is 11.2. The first kappa shape index (κ1) is 21.1. The maximum Gasteiger partial charge on any atom is 0.201 e. The van der Waals surface area contributed by atoms with Gasteiger partial charge in [-0.3, -0.25) is 0 Å². The molecule has 31 heavy (non-hydrogen) atoms. The van der Waals surface area contributed by atoms with Gasteiger partial charge in [0.2, 0.25) is 5.75 Å². The summed E-state index contributed by atoms with van der Waals surface area (Å²) in [6.07, 6.45) is 1.74. The van der Waals surface area contributed by atoms with Crippen LogP contribution in [0.15, 0.2) is 65.1 Å². The Balaban J connectivity index is 1.57. The molecule has 4 rings (SSSR count). The highest BCUT2D eigenvalue weighted by atomic mass is 32.2. The van der Waals surface area contributed by atoms with Crippen molar-refractivity contribution in [1.82, 2.24) is 9.97 Å². The van der Waals surface area contributed by atoms with E-state index in [9.17, 15) is 9.50 Å². The number of thiazole rings is 1. The predicted octanol–water partition coefficient (Wildman–Crippen LogP) is 6.03. The molecule has 8 heteroatoms. The average molecular weight is 455 g/mol. The zero-order valence-electron chi connectivity index (χ0n) is 16.8. The lowest BCUT2D eigenvalue weighted by atomic mass is 10.1. The predicted molar refractivity (Wildman–Crippen MR) is 122 cm³/mol. The first-order valence-electron chi connectivity index (χ1n) is 9.32. The van der Waals surface area contributed by atoms with E-state index in [4.69, 9.17) is 14.5 Å². The molecule has 0 unspecified atom stereocenters. The van der Waals surface area contributed by atoms with Crippen molar-refractivity contribution < 1.29 is 19.0 Å². The van der Waals surface area contributed by atoms with Gasteiger partial charge in [-0.05, 0) is 42.0 Å². The molecule has 0 amide bonds. The Morgan fingerprint density at radius 1 is 1.10 bits per heavy atom. The van der Waals surface area contributed by atoms with Gasteiger partial charge in [0.1, 0.15) is 10.8 Å². The number of phenols is 1. The number of nitrogens with zero attached hydrogens (tertiary/aromatic N) is 2. The Kier molecular flexibility index (Phi) is 6.39. The number of hydrogen-bond donors (Lipinski definition) is 1. The van der Waals surface area contributed by atoms with Crippen molar-refractivity contribution in [2.75, 3.05) is 14.2 Å². The van der Waals surface area contributed by atoms with E-state index in [-0.39, 0.29) is 11.6 Å². The maximum absolute atomic E-state index is 13.4. The molecule has 0 bridgehead atoms. The van der Waals surface area contributed by atoms with Crippen molar-refractivity contribution in [1.29, 1.82) is 0 Å². The van der Waals surface area contributed by atoms with E-state index in [1.165, 1.54) is 49.5 Å². The molecule has 2 aromatic carbocycles. The summed E-state index contributed by atoms with van der Waals surface area (Å²) in [5.74, 6) is 0.981. The van der Waals surface area contributed by atoms with E-state index in [2.05, 4.69) is 4.98 Å². The third-order valence-corrected chi connectivity index (χ3v) is 6.44. The highest BCUT2D eigenvalue weighted by molar-refractivity contribution is 7.98. The van der Waals surface area contributed by atoms with Crippen LogP contribution in [0.5, 0.6) is 17.2 Å². The van der Waals surface area contributed by atoms with Gasteiger partial charge in [-0.1, -0.05) is 12.1 Å². The molecule has 0 atom stereocenters. The van der Waals surface area contributed by atoms with Crippen molar-refractivity contribution in [2.24, 2.45) is 0 Å². The van der Waals surface area contributed by atoms with Crippen LogP contribution in [0, 0.1) is 5.82 Å². The van der Waals surface area contributed by atoms with Gasteiger partial charge >= 0.3 is 0 Å². The van der Waals surface area contributed by atoms with Crippen molar-refractivity contribution in [3.63, 3.8) is 0 Å². The van der Waals surface area contributed by atoms with E-state index in [1.807, 2.05) is 29.6 Å². The van der Waals surface area contributed by atoms with Gasteiger partial charge in [0.05, 0.1) is 24.9 Å². The molecule has 0 spiro atoms. The van der Waals surface area contributed by atoms with Gasteiger partial charge < -0.3 is 14.6 Å². The summed E-state index contributed by atoms with van der Waals surface area (Å²) >= 11 is 3.03. The Bertz CT molecular complexity index is 1210. The molecule has 4 aromatic rings. The highest BCUT2D eigenvalue weighted by Gasteiger charge is 2.18. The molecule has 0 saturated heterocycles. The number of phenolic OH excluding ortho intramolecular Hbond substituents is 1. The number of pyridine rings is 1. The molecule has 2 heterocycles. The van der Waals surface area contributed by atoms with Crippen LogP contribution in [-0.4, -0.2) is 29.3 Å². The van der Waals surface area contributed by atoms with Crippen LogP contribution in [0.25, 0.3) is 21.8 Å². The molecule has 2 aromatic heterocycles. The van der Waals surface area contributed by atoms with Gasteiger partial charge in [0, 0.05) is 28.5 Å². The lowest BCUT2D eigenvalue weighted by Crippen LogP contribution is -1.92. The molecule has 0 fully saturated rings. The number of rotatable bonds is 7. The van der Waals surface area contributed by atoms with Crippen LogP contribution in [0.4, 0.5) is 4.39 Å². The number of aromatic nitrogens is 2. The summed E-state index contributed by atoms with van der Waals surface area (Å²) in [4.78, 5) is 9.13. The molecule has 0 saturated carbocycles. The zero-order chi connectivity index (χ0) is 21.8. The normalized spacial score (nSPS) is 10.8. The van der Waals surface area contributed by atoms with Crippen LogP contribution < -0.4 is 9.47 Å². The molecular formula is C23H19FN2O3S2. The van der Waals surface area contributed by atoms with Crippen molar-refractivity contribution >= 4 is 23.1 Å². The number of methoxy groups -OCH3 is 2. The largest absolute Gasteiger partial charge is 0.502 e. The third-order valence-electron chi connectivity index (χ3n) is 4.56. The van der Waals surface area contributed by atoms with Gasteiger partial charge in [0.15, 0.2) is 11.5 Å². The molecule has 1 N–H and O–H groups in total. The fourth-order valence-corrected chi connectivity index (χ4v) is 4.72. The monoisotopic (exact) mass is 454 g/mol. The number of halogens is 1. The van der Waals surface area contributed by atoms with Gasteiger partial charge in [-0.2, -0.15) is 0 Å². The smallest absolute Gasteiger partial charge is 0.201 e. The van der Waals surface area contributed by atoms with Gasteiger partial charge in [-0.25, -0.2) is 14.4 Å². The van der Waals surface area contributed by atoms with E-state index in [0.29, 0.717) is 28.5 Å². The molecule has 0 aliphatic heterocycles. The standard InChI is InChI=1S/C23H19FN2O3S2/c1-28-19-7-6-17(22(29-2)21(19)27)18-13-31-23(26-18)15-8-9-25-20(11-15)30-12-14-4-3-5-16(24)10-14/h3-11,13,27H,12H2,1-2H3. The van der Waals surface area contributed by atoms with Crippen LogP contribution in [0.2, 0.25) is 0 Å². The summed E-state index contributed by atoms with van der Waals surface area (Å²) in [5.41, 5.74) is 3.21. The fraction of sp³-hybridized carbons (Fsp3) is 0.130. The minimum atomic E-state index is -0.241. The van der Waals surface area contributed by atoms with Crippen molar-refractivity contribution in [2.45, 2.75) is 10.8 Å². The SMILES string of the molecule is COc1ccc(-c2csc(-c3ccnc(SCc4cccc(F)c4)c3)n2)c(OC)c1O. The minimum Gasteiger partial charge on any atom is -0.502 e. The molecule has 0 radical (unpaired) electrons. The van der Waals surface area contributed by atoms with E-state index in [1.54, 1.807) is 18.3 Å². The fourth-order valence-electron chi connectivity index (χ4n) is 3.06. The summed E-state index contributed by atoms with van der Waals surface area (Å²) in [5, 5.41) is 13.9. The Labute approximate surface area is 187 Å². The Hall–Kier alpha value is -3.10. The van der Waals surface area contributed by atoms with E-state index < -0.39 is 0 Å². The topological polar surface area (TPSA) is 64.5 Å². The van der Waals surface area contributed by atoms with Gasteiger partial charge in [-0.15, -0.1) is 23.1 Å². The quantitative estimate of drug-likeness (QED) is 0.344. The zero-order valence-corrected chi connectivity index (χ0v) is 18.5. The summed E-state index contributed by atoms with van der Waals surface area (Å²) < 4.78 is 23.9. The van der Waals surface area contributed by atoms with Gasteiger partial charge in [0.25, 0.3) is 0 Å². The number of aromatic hydroxyl groups is 1. The van der Waals surface area contributed by atoms with Crippen molar-refractivity contribution in [3.8, 4) is 39.1 Å².